The summed E-state index contributed by atoms with van der Waals surface area (Å²) in [5.74, 6) is 0.245. The lowest BCUT2D eigenvalue weighted by atomic mass is 9.97. The van der Waals surface area contributed by atoms with E-state index in [1.807, 2.05) is 58.0 Å². The van der Waals surface area contributed by atoms with Crippen molar-refractivity contribution in [3.63, 3.8) is 0 Å². The van der Waals surface area contributed by atoms with Crippen molar-refractivity contribution in [1.82, 2.24) is 4.31 Å². The van der Waals surface area contributed by atoms with Crippen LogP contribution in [-0.2, 0) is 10.0 Å². The highest BCUT2D eigenvalue weighted by Gasteiger charge is 2.58. The number of rotatable bonds is 5. The third kappa shape index (κ3) is 3.48. The second-order valence-corrected chi connectivity index (χ2v) is 9.63. The van der Waals surface area contributed by atoms with Gasteiger partial charge in [0.1, 0.15) is 0 Å². The Bertz CT molecular complexity index is 952. The molecule has 1 heterocycles. The molecule has 1 aliphatic rings. The molecule has 3 nitrogen and oxygen atoms in total. The molecule has 2 aromatic carbocycles. The molecule has 2 aromatic rings. The van der Waals surface area contributed by atoms with Crippen LogP contribution in [0, 0.1) is 26.7 Å². The average Bonchev–Trinajstić information content (AvgIpc) is 3.32. The smallest absolute Gasteiger partial charge is 0.207 e. The second kappa shape index (κ2) is 7.25. The Morgan fingerprint density at radius 2 is 1.59 bits per heavy atom. The molecule has 1 fully saturated rings. The third-order valence-electron chi connectivity index (χ3n) is 5.36. The van der Waals surface area contributed by atoms with E-state index in [2.05, 4.69) is 32.1 Å². The van der Waals surface area contributed by atoms with Gasteiger partial charge in [-0.25, -0.2) is 8.42 Å². The van der Waals surface area contributed by atoms with E-state index in [1.165, 1.54) is 0 Å². The summed E-state index contributed by atoms with van der Waals surface area (Å²) < 4.78 is 29.0. The minimum absolute atomic E-state index is 0.0125. The molecule has 0 aromatic heterocycles. The van der Waals surface area contributed by atoms with Crippen LogP contribution < -0.4 is 0 Å². The van der Waals surface area contributed by atoms with Gasteiger partial charge in [0, 0.05) is 6.04 Å². The maximum atomic E-state index is 13.6. The van der Waals surface area contributed by atoms with E-state index < -0.39 is 10.0 Å². The quantitative estimate of drug-likeness (QED) is 0.673. The van der Waals surface area contributed by atoms with Crippen molar-refractivity contribution in [3.8, 4) is 0 Å². The molecule has 4 heteroatoms. The Labute approximate surface area is 163 Å². The number of hydrogen-bond acceptors (Lipinski definition) is 2. The Kier molecular flexibility index (Phi) is 5.33. The summed E-state index contributed by atoms with van der Waals surface area (Å²) in [5, 5.41) is 0. The minimum atomic E-state index is -3.56. The van der Waals surface area contributed by atoms with Crippen LogP contribution in [0.5, 0.6) is 0 Å². The Hall–Kier alpha value is -1.91. The van der Waals surface area contributed by atoms with E-state index in [4.69, 9.17) is 0 Å². The molecule has 0 amide bonds. The van der Waals surface area contributed by atoms with Crippen LogP contribution >= 0.6 is 0 Å². The van der Waals surface area contributed by atoms with Crippen molar-refractivity contribution in [2.75, 3.05) is 0 Å². The molecular formula is C23H29NO2S. The molecule has 0 N–H and O–H groups in total. The summed E-state index contributed by atoms with van der Waals surface area (Å²) in [6.07, 6.45) is 2.06. The van der Waals surface area contributed by atoms with Crippen molar-refractivity contribution in [2.45, 2.75) is 58.5 Å². The first-order valence-electron chi connectivity index (χ1n) is 9.53. The van der Waals surface area contributed by atoms with Gasteiger partial charge in [-0.3, -0.25) is 0 Å². The van der Waals surface area contributed by atoms with Crippen LogP contribution in [-0.4, -0.2) is 24.8 Å². The summed E-state index contributed by atoms with van der Waals surface area (Å²) in [6.45, 7) is 12.0. The van der Waals surface area contributed by atoms with Crippen molar-refractivity contribution in [1.29, 1.82) is 0 Å². The normalized spacial score (nSPS) is 22.9. The van der Waals surface area contributed by atoms with Gasteiger partial charge in [0.25, 0.3) is 0 Å². The molecular weight excluding hydrogens is 354 g/mol. The monoisotopic (exact) mass is 383 g/mol. The third-order valence-corrected chi connectivity index (χ3v) is 7.55. The first kappa shape index (κ1) is 19.8. The average molecular weight is 384 g/mol. The van der Waals surface area contributed by atoms with E-state index in [1.54, 1.807) is 4.31 Å². The molecule has 3 atom stereocenters. The van der Waals surface area contributed by atoms with Gasteiger partial charge >= 0.3 is 0 Å². The maximum Gasteiger partial charge on any atom is 0.244 e. The summed E-state index contributed by atoms with van der Waals surface area (Å²) in [6, 6.07) is 13.9. The molecule has 0 aliphatic carbocycles. The van der Waals surface area contributed by atoms with Gasteiger partial charge in [-0.05, 0) is 55.9 Å². The van der Waals surface area contributed by atoms with Crippen molar-refractivity contribution >= 4 is 15.6 Å². The molecule has 27 heavy (non-hydrogen) atoms. The minimum Gasteiger partial charge on any atom is -0.207 e. The molecule has 0 bridgehead atoms. The predicted octanol–water partition coefficient (Wildman–Crippen LogP) is 5.11. The number of sulfonamides is 1. The lowest BCUT2D eigenvalue weighted by Gasteiger charge is -2.15. The van der Waals surface area contributed by atoms with Crippen molar-refractivity contribution in [2.24, 2.45) is 5.92 Å². The lowest BCUT2D eigenvalue weighted by Crippen LogP contribution is -2.20. The van der Waals surface area contributed by atoms with Crippen molar-refractivity contribution < 1.29 is 8.42 Å². The van der Waals surface area contributed by atoms with E-state index in [9.17, 15) is 8.42 Å². The highest BCUT2D eigenvalue weighted by atomic mass is 32.2. The highest BCUT2D eigenvalue weighted by Crippen LogP contribution is 2.47. The maximum absolute atomic E-state index is 13.6. The molecule has 144 valence electrons. The van der Waals surface area contributed by atoms with Crippen LogP contribution in [0.2, 0.25) is 0 Å². The topological polar surface area (TPSA) is 37.1 Å². The largest absolute Gasteiger partial charge is 0.244 e. The zero-order valence-corrected chi connectivity index (χ0v) is 17.8. The SMILES string of the molecule is C/C=C(/c1ccccc1)[C@@H]1[C@H](C(C)C)N1S(=O)(=O)c1c(C)cc(C)cc1C. The van der Waals surface area contributed by atoms with E-state index >= 15 is 0 Å². The van der Waals surface area contributed by atoms with Gasteiger partial charge in [0.15, 0.2) is 0 Å². The fourth-order valence-electron chi connectivity index (χ4n) is 4.34. The molecule has 1 aliphatic heterocycles. The molecule has 0 saturated carbocycles. The van der Waals surface area contributed by atoms with Crippen LogP contribution in [0.1, 0.15) is 43.0 Å². The Balaban J connectivity index is 2.08. The lowest BCUT2D eigenvalue weighted by molar-refractivity contribution is 0.516. The van der Waals surface area contributed by atoms with E-state index in [0.717, 1.165) is 27.8 Å². The molecule has 1 saturated heterocycles. The number of hydrogen-bond donors (Lipinski definition) is 0. The van der Waals surface area contributed by atoms with Crippen LogP contribution in [0.15, 0.2) is 53.4 Å². The van der Waals surface area contributed by atoms with Gasteiger partial charge < -0.3 is 0 Å². The summed E-state index contributed by atoms with van der Waals surface area (Å²) in [5.41, 5.74) is 4.90. The standard InChI is InChI=1S/C23H29NO2S/c1-7-20(19-11-9-8-10-12-19)22-21(15(2)3)24(22)27(25,26)23-17(5)13-16(4)14-18(23)6/h7-15,21-22H,1-6H3/b20-7-/t21-,22+,24?/m0/s1. The number of benzene rings is 2. The van der Waals surface area contributed by atoms with Crippen molar-refractivity contribution in [3.05, 3.63) is 70.8 Å². The van der Waals surface area contributed by atoms with Gasteiger partial charge in [-0.15, -0.1) is 0 Å². The Morgan fingerprint density at radius 1 is 1.04 bits per heavy atom. The first-order chi connectivity index (χ1) is 12.7. The van der Waals surface area contributed by atoms with E-state index in [0.29, 0.717) is 4.90 Å². The second-order valence-electron chi connectivity index (χ2n) is 7.85. The molecule has 1 unspecified atom stereocenters. The number of allylic oxidation sites excluding steroid dienone is 1. The number of aryl methyl sites for hydroxylation is 3. The van der Waals surface area contributed by atoms with Crippen LogP contribution in [0.25, 0.3) is 5.57 Å². The van der Waals surface area contributed by atoms with Gasteiger partial charge in [0.05, 0.1) is 10.9 Å². The van der Waals surface area contributed by atoms with Gasteiger partial charge in [0.2, 0.25) is 10.0 Å². The zero-order chi connectivity index (χ0) is 19.9. The van der Waals surface area contributed by atoms with Gasteiger partial charge in [-0.2, -0.15) is 4.31 Å². The highest BCUT2D eigenvalue weighted by molar-refractivity contribution is 7.89. The molecule has 3 rings (SSSR count). The summed E-state index contributed by atoms with van der Waals surface area (Å²) in [7, 11) is -3.56. The Morgan fingerprint density at radius 3 is 2.07 bits per heavy atom. The molecule has 0 radical (unpaired) electrons. The van der Waals surface area contributed by atoms with Crippen LogP contribution in [0.3, 0.4) is 0 Å². The van der Waals surface area contributed by atoms with E-state index in [-0.39, 0.29) is 18.0 Å². The molecule has 0 spiro atoms. The number of nitrogens with zero attached hydrogens (tertiary/aromatic N) is 1. The predicted molar refractivity (Wildman–Crippen MR) is 112 cm³/mol. The van der Waals surface area contributed by atoms with Crippen LogP contribution in [0.4, 0.5) is 0 Å². The summed E-state index contributed by atoms with van der Waals surface area (Å²) in [4.78, 5) is 0.463. The summed E-state index contributed by atoms with van der Waals surface area (Å²) >= 11 is 0. The fraction of sp³-hybridized carbons (Fsp3) is 0.391. The fourth-order valence-corrected chi connectivity index (χ4v) is 6.64. The zero-order valence-electron chi connectivity index (χ0n) is 17.0. The van der Waals surface area contributed by atoms with Gasteiger partial charge in [-0.1, -0.05) is 68.0 Å². The first-order valence-corrected chi connectivity index (χ1v) is 11.0.